The minimum atomic E-state index is -0.0152. The van der Waals surface area contributed by atoms with E-state index in [0.29, 0.717) is 5.92 Å². The average molecular weight is 202 g/mol. The Morgan fingerprint density at radius 2 is 2.13 bits per heavy atom. The van der Waals surface area contributed by atoms with Gasteiger partial charge in [0, 0.05) is 0 Å². The molecule has 2 N–H and O–H groups in total. The van der Waals surface area contributed by atoms with Crippen molar-refractivity contribution < 1.29 is 4.79 Å². The van der Waals surface area contributed by atoms with Gasteiger partial charge in [-0.3, -0.25) is 4.79 Å². The lowest BCUT2D eigenvalue weighted by molar-refractivity contribution is -0.117. The molecule has 3 nitrogen and oxygen atoms in total. The number of hydrogen-bond acceptors (Lipinski definition) is 2. The van der Waals surface area contributed by atoms with Gasteiger partial charge in [0.05, 0.1) is 11.4 Å². The van der Waals surface area contributed by atoms with Crippen LogP contribution in [0, 0.1) is 12.8 Å². The Kier molecular flexibility index (Phi) is 1.75. The molecule has 0 spiro atoms. The fourth-order valence-corrected chi connectivity index (χ4v) is 2.16. The average Bonchev–Trinajstić information content (AvgIpc) is 3.01. The number of anilines is 2. The van der Waals surface area contributed by atoms with E-state index in [1.54, 1.807) is 0 Å². The zero-order chi connectivity index (χ0) is 10.4. The Bertz CT molecular complexity index is 424. The van der Waals surface area contributed by atoms with E-state index in [-0.39, 0.29) is 11.9 Å². The Balaban J connectivity index is 1.99. The van der Waals surface area contributed by atoms with Crippen LogP contribution in [-0.2, 0) is 4.79 Å². The fourth-order valence-electron chi connectivity index (χ4n) is 2.16. The molecule has 0 radical (unpaired) electrons. The van der Waals surface area contributed by atoms with E-state index in [1.165, 1.54) is 18.4 Å². The number of fused-ring (bicyclic) bond motifs is 1. The maximum absolute atomic E-state index is 11.8. The quantitative estimate of drug-likeness (QED) is 0.732. The molecule has 1 atom stereocenters. The summed E-state index contributed by atoms with van der Waals surface area (Å²) in [6.07, 6.45) is 2.35. The van der Waals surface area contributed by atoms with Gasteiger partial charge in [0.25, 0.3) is 0 Å². The number of aryl methyl sites for hydroxylation is 1. The Morgan fingerprint density at radius 1 is 1.33 bits per heavy atom. The van der Waals surface area contributed by atoms with Crippen molar-refractivity contribution >= 4 is 17.3 Å². The van der Waals surface area contributed by atoms with Gasteiger partial charge in [0.2, 0.25) is 5.91 Å². The minimum absolute atomic E-state index is 0.0152. The van der Waals surface area contributed by atoms with Crippen molar-refractivity contribution in [3.63, 3.8) is 0 Å². The molecule has 2 aliphatic rings. The third-order valence-electron chi connectivity index (χ3n) is 3.21. The van der Waals surface area contributed by atoms with Crippen LogP contribution in [0.3, 0.4) is 0 Å². The van der Waals surface area contributed by atoms with Gasteiger partial charge in [-0.05, 0) is 37.3 Å². The summed E-state index contributed by atoms with van der Waals surface area (Å²) in [7, 11) is 0. The molecule has 1 aliphatic heterocycles. The lowest BCUT2D eigenvalue weighted by Gasteiger charge is -2.28. The number of rotatable bonds is 1. The number of amides is 1. The second-order valence-electron chi connectivity index (χ2n) is 4.45. The van der Waals surface area contributed by atoms with Gasteiger partial charge in [-0.1, -0.05) is 12.1 Å². The second-order valence-corrected chi connectivity index (χ2v) is 4.45. The Labute approximate surface area is 88.9 Å². The van der Waals surface area contributed by atoms with Crippen molar-refractivity contribution in [2.75, 3.05) is 10.6 Å². The summed E-state index contributed by atoms with van der Waals surface area (Å²) in [5.74, 6) is 0.661. The van der Waals surface area contributed by atoms with Crippen molar-refractivity contribution in [2.45, 2.75) is 25.8 Å². The number of benzene rings is 1. The van der Waals surface area contributed by atoms with E-state index < -0.39 is 0 Å². The van der Waals surface area contributed by atoms with Crippen LogP contribution < -0.4 is 10.6 Å². The molecule has 0 bridgehead atoms. The van der Waals surface area contributed by atoms with Crippen molar-refractivity contribution in [1.29, 1.82) is 0 Å². The van der Waals surface area contributed by atoms with Gasteiger partial charge in [-0.2, -0.15) is 0 Å². The summed E-state index contributed by atoms with van der Waals surface area (Å²) in [4.78, 5) is 11.8. The van der Waals surface area contributed by atoms with E-state index in [2.05, 4.69) is 23.6 Å². The summed E-state index contributed by atoms with van der Waals surface area (Å²) in [5.41, 5.74) is 3.20. The standard InChI is InChI=1S/C12H14N2O/c1-7-3-2-4-9-10(7)14-11(8-5-6-8)12(15)13-9/h2-4,8,11,14H,5-6H2,1H3,(H,13,15). The van der Waals surface area contributed by atoms with E-state index in [0.717, 1.165) is 11.4 Å². The maximum Gasteiger partial charge on any atom is 0.247 e. The van der Waals surface area contributed by atoms with Crippen molar-refractivity contribution in [1.82, 2.24) is 0 Å². The summed E-state index contributed by atoms with van der Waals surface area (Å²) in [6.45, 7) is 2.06. The highest BCUT2D eigenvalue weighted by atomic mass is 16.2. The molecule has 0 aromatic heterocycles. The molecule has 1 saturated carbocycles. The van der Waals surface area contributed by atoms with Crippen LogP contribution in [0.5, 0.6) is 0 Å². The number of nitrogens with one attached hydrogen (secondary N) is 2. The van der Waals surface area contributed by atoms with Crippen LogP contribution in [0.25, 0.3) is 0 Å². The van der Waals surface area contributed by atoms with Gasteiger partial charge in [-0.25, -0.2) is 0 Å². The minimum Gasteiger partial charge on any atom is -0.372 e. The molecule has 1 heterocycles. The molecule has 3 heteroatoms. The second kappa shape index (κ2) is 2.99. The number of hydrogen-bond donors (Lipinski definition) is 2. The van der Waals surface area contributed by atoms with E-state index >= 15 is 0 Å². The van der Waals surface area contributed by atoms with Crippen molar-refractivity contribution in [3.8, 4) is 0 Å². The molecule has 1 unspecified atom stereocenters. The van der Waals surface area contributed by atoms with E-state index in [1.807, 2.05) is 12.1 Å². The van der Waals surface area contributed by atoms with Gasteiger partial charge in [-0.15, -0.1) is 0 Å². The van der Waals surface area contributed by atoms with Crippen LogP contribution in [-0.4, -0.2) is 11.9 Å². The molecule has 1 aromatic rings. The molecular weight excluding hydrogens is 188 g/mol. The third-order valence-corrected chi connectivity index (χ3v) is 3.21. The van der Waals surface area contributed by atoms with Crippen LogP contribution in [0.2, 0.25) is 0 Å². The number of para-hydroxylation sites is 1. The molecule has 0 saturated heterocycles. The monoisotopic (exact) mass is 202 g/mol. The van der Waals surface area contributed by atoms with Gasteiger partial charge < -0.3 is 10.6 Å². The molecule has 1 amide bonds. The predicted molar refractivity (Wildman–Crippen MR) is 59.9 cm³/mol. The molecule has 1 aromatic carbocycles. The zero-order valence-electron chi connectivity index (χ0n) is 8.71. The molecule has 1 aliphatic carbocycles. The smallest absolute Gasteiger partial charge is 0.247 e. The molecule has 78 valence electrons. The highest BCUT2D eigenvalue weighted by Crippen LogP contribution is 2.39. The SMILES string of the molecule is Cc1cccc2c1NC(C1CC1)C(=O)N2. The first-order chi connectivity index (χ1) is 7.25. The van der Waals surface area contributed by atoms with Crippen LogP contribution in [0.4, 0.5) is 11.4 Å². The fraction of sp³-hybridized carbons (Fsp3) is 0.417. The first-order valence-electron chi connectivity index (χ1n) is 5.43. The Hall–Kier alpha value is -1.51. The van der Waals surface area contributed by atoms with Gasteiger partial charge >= 0.3 is 0 Å². The number of carbonyl (C=O) groups is 1. The topological polar surface area (TPSA) is 41.1 Å². The molecule has 1 fully saturated rings. The summed E-state index contributed by atoms with van der Waals surface area (Å²) in [5, 5.41) is 6.34. The maximum atomic E-state index is 11.8. The first-order valence-corrected chi connectivity index (χ1v) is 5.43. The van der Waals surface area contributed by atoms with Crippen molar-refractivity contribution in [2.24, 2.45) is 5.92 Å². The lowest BCUT2D eigenvalue weighted by atomic mass is 10.0. The Morgan fingerprint density at radius 3 is 2.87 bits per heavy atom. The number of carbonyl (C=O) groups excluding carboxylic acids is 1. The molecular formula is C12H14N2O. The lowest BCUT2D eigenvalue weighted by Crippen LogP contribution is -2.40. The van der Waals surface area contributed by atoms with Crippen LogP contribution >= 0.6 is 0 Å². The highest BCUT2D eigenvalue weighted by Gasteiger charge is 2.38. The van der Waals surface area contributed by atoms with Crippen LogP contribution in [0.15, 0.2) is 18.2 Å². The summed E-state index contributed by atoms with van der Waals surface area (Å²) < 4.78 is 0. The molecule has 15 heavy (non-hydrogen) atoms. The normalized spacial score (nSPS) is 24.1. The van der Waals surface area contributed by atoms with Gasteiger partial charge in [0.15, 0.2) is 0 Å². The van der Waals surface area contributed by atoms with Crippen molar-refractivity contribution in [3.05, 3.63) is 23.8 Å². The third kappa shape index (κ3) is 1.39. The largest absolute Gasteiger partial charge is 0.372 e. The van der Waals surface area contributed by atoms with Crippen LogP contribution in [0.1, 0.15) is 18.4 Å². The zero-order valence-corrected chi connectivity index (χ0v) is 8.71. The summed E-state index contributed by atoms with van der Waals surface area (Å²) >= 11 is 0. The van der Waals surface area contributed by atoms with E-state index in [9.17, 15) is 4.79 Å². The van der Waals surface area contributed by atoms with Gasteiger partial charge in [0.1, 0.15) is 6.04 Å². The highest BCUT2D eigenvalue weighted by molar-refractivity contribution is 6.03. The van der Waals surface area contributed by atoms with E-state index in [4.69, 9.17) is 0 Å². The predicted octanol–water partition coefficient (Wildman–Crippen LogP) is 2.14. The summed E-state index contributed by atoms with van der Waals surface area (Å²) in [6, 6.07) is 5.95. The molecule has 3 rings (SSSR count). The first kappa shape index (κ1) is 8.77.